The molecule has 0 unspecified atom stereocenters. The van der Waals surface area contributed by atoms with Gasteiger partial charge in [0.15, 0.2) is 11.5 Å². The number of aromatic nitrogens is 1. The van der Waals surface area contributed by atoms with Crippen molar-refractivity contribution in [2.75, 3.05) is 35.5 Å². The maximum atomic E-state index is 13.9. The van der Waals surface area contributed by atoms with Crippen LogP contribution in [0.1, 0.15) is 25.3 Å². The molecule has 0 saturated carbocycles. The van der Waals surface area contributed by atoms with Crippen LogP contribution in [-0.2, 0) is 26.1 Å². The standard InChI is InChI=1S/C27H34N2O9S/c1-16(2)24(27(30)37-8)29(39(31,32)20-11-9-19(33-4)10-12-20)15-21-17(3)38-26(28-21)18-13-22(34-5)25(36-7)23(14-18)35-6/h9-14,16,24H,15H2,1-8H3/t24-/m1/s1. The van der Waals surface area contributed by atoms with E-state index in [0.717, 1.165) is 4.31 Å². The highest BCUT2D eigenvalue weighted by molar-refractivity contribution is 7.89. The van der Waals surface area contributed by atoms with Crippen molar-refractivity contribution in [2.45, 2.75) is 38.3 Å². The van der Waals surface area contributed by atoms with E-state index in [0.29, 0.717) is 40.0 Å². The molecule has 3 aromatic rings. The minimum absolute atomic E-state index is 0.0103. The Labute approximate surface area is 228 Å². The van der Waals surface area contributed by atoms with Gasteiger partial charge in [0, 0.05) is 5.56 Å². The molecule has 0 N–H and O–H groups in total. The smallest absolute Gasteiger partial charge is 0.324 e. The van der Waals surface area contributed by atoms with Gasteiger partial charge < -0.3 is 28.1 Å². The number of esters is 1. The molecule has 0 radical (unpaired) electrons. The summed E-state index contributed by atoms with van der Waals surface area (Å²) in [6, 6.07) is 8.15. The molecule has 0 amide bonds. The van der Waals surface area contributed by atoms with Gasteiger partial charge in [-0.15, -0.1) is 0 Å². The van der Waals surface area contributed by atoms with E-state index in [1.54, 1.807) is 32.9 Å². The van der Waals surface area contributed by atoms with E-state index in [9.17, 15) is 13.2 Å². The van der Waals surface area contributed by atoms with E-state index >= 15 is 0 Å². The quantitative estimate of drug-likeness (QED) is 0.298. The number of oxazole rings is 1. The average molecular weight is 563 g/mol. The number of carbonyl (C=O) groups excluding carboxylic acids is 1. The molecular formula is C27H34N2O9S. The first kappa shape index (κ1) is 29.8. The van der Waals surface area contributed by atoms with Gasteiger partial charge in [0.2, 0.25) is 21.7 Å². The first-order valence-corrected chi connectivity index (χ1v) is 13.5. The molecule has 212 valence electrons. The summed E-state index contributed by atoms with van der Waals surface area (Å²) >= 11 is 0. The molecule has 0 fully saturated rings. The molecule has 2 aromatic carbocycles. The Kier molecular flexibility index (Phi) is 9.46. The Morgan fingerprint density at radius 1 is 0.949 bits per heavy atom. The van der Waals surface area contributed by atoms with Gasteiger partial charge in [-0.25, -0.2) is 13.4 Å². The number of methoxy groups -OCH3 is 5. The van der Waals surface area contributed by atoms with Gasteiger partial charge >= 0.3 is 5.97 Å². The third kappa shape index (κ3) is 6.12. The summed E-state index contributed by atoms with van der Waals surface area (Å²) in [5, 5.41) is 0. The number of benzene rings is 2. The zero-order valence-corrected chi connectivity index (χ0v) is 24.1. The Bertz CT molecular complexity index is 1370. The van der Waals surface area contributed by atoms with Crippen LogP contribution >= 0.6 is 0 Å². The van der Waals surface area contributed by atoms with Gasteiger partial charge in [-0.1, -0.05) is 13.8 Å². The summed E-state index contributed by atoms with van der Waals surface area (Å²) in [4.78, 5) is 17.4. The predicted molar refractivity (Wildman–Crippen MR) is 143 cm³/mol. The average Bonchev–Trinajstić information content (AvgIpc) is 3.31. The topological polar surface area (TPSA) is 127 Å². The molecule has 0 aliphatic heterocycles. The van der Waals surface area contributed by atoms with Crippen LogP contribution in [0.4, 0.5) is 0 Å². The van der Waals surface area contributed by atoms with Crippen LogP contribution in [0, 0.1) is 12.8 Å². The van der Waals surface area contributed by atoms with Crippen molar-refractivity contribution in [3.05, 3.63) is 47.9 Å². The number of rotatable bonds is 12. The number of aryl methyl sites for hydroxylation is 1. The van der Waals surface area contributed by atoms with Gasteiger partial charge in [-0.05, 0) is 49.2 Å². The van der Waals surface area contributed by atoms with E-state index in [4.69, 9.17) is 28.1 Å². The van der Waals surface area contributed by atoms with E-state index in [1.165, 1.54) is 59.8 Å². The lowest BCUT2D eigenvalue weighted by Gasteiger charge is -2.31. The van der Waals surface area contributed by atoms with Crippen molar-refractivity contribution < 1.29 is 41.3 Å². The van der Waals surface area contributed by atoms with Crippen LogP contribution in [0.15, 0.2) is 45.7 Å². The normalized spacial score (nSPS) is 12.4. The van der Waals surface area contributed by atoms with Crippen LogP contribution in [0.5, 0.6) is 23.0 Å². The largest absolute Gasteiger partial charge is 0.497 e. The summed E-state index contributed by atoms with van der Waals surface area (Å²) in [5.74, 6) is 1.19. The molecule has 1 heterocycles. The van der Waals surface area contributed by atoms with Crippen molar-refractivity contribution in [1.82, 2.24) is 9.29 Å². The molecule has 0 saturated heterocycles. The van der Waals surface area contributed by atoms with Gasteiger partial charge in [0.05, 0.1) is 52.7 Å². The molecule has 0 aliphatic carbocycles. The number of nitrogens with zero attached hydrogens (tertiary/aromatic N) is 2. The zero-order chi connectivity index (χ0) is 28.9. The Hall–Kier alpha value is -3.77. The Morgan fingerprint density at radius 2 is 1.54 bits per heavy atom. The van der Waals surface area contributed by atoms with Crippen LogP contribution in [0.2, 0.25) is 0 Å². The lowest BCUT2D eigenvalue weighted by molar-refractivity contribution is -0.146. The Morgan fingerprint density at radius 3 is 2.00 bits per heavy atom. The molecular weight excluding hydrogens is 528 g/mol. The van der Waals surface area contributed by atoms with Crippen molar-refractivity contribution in [1.29, 1.82) is 0 Å². The maximum absolute atomic E-state index is 13.9. The van der Waals surface area contributed by atoms with Gasteiger partial charge in [-0.3, -0.25) is 4.79 Å². The lowest BCUT2D eigenvalue weighted by Crippen LogP contribution is -2.48. The minimum atomic E-state index is -4.19. The van der Waals surface area contributed by atoms with Crippen molar-refractivity contribution in [3.63, 3.8) is 0 Å². The predicted octanol–water partition coefficient (Wildman–Crippen LogP) is 4.07. The third-order valence-corrected chi connectivity index (χ3v) is 8.00. The number of carbonyl (C=O) groups is 1. The van der Waals surface area contributed by atoms with Gasteiger partial charge in [0.25, 0.3) is 0 Å². The number of hydrogen-bond donors (Lipinski definition) is 0. The summed E-state index contributed by atoms with van der Waals surface area (Å²) in [6.45, 7) is 4.92. The van der Waals surface area contributed by atoms with E-state index in [2.05, 4.69) is 4.98 Å². The highest BCUT2D eigenvalue weighted by Crippen LogP contribution is 2.41. The highest BCUT2D eigenvalue weighted by Gasteiger charge is 2.39. The summed E-state index contributed by atoms with van der Waals surface area (Å²) in [6.07, 6.45) is 0. The molecule has 39 heavy (non-hydrogen) atoms. The molecule has 0 bridgehead atoms. The van der Waals surface area contributed by atoms with Crippen molar-refractivity contribution >= 4 is 16.0 Å². The van der Waals surface area contributed by atoms with Crippen LogP contribution in [0.3, 0.4) is 0 Å². The van der Waals surface area contributed by atoms with E-state index in [-0.39, 0.29) is 17.3 Å². The Balaban J connectivity index is 2.12. The SMILES string of the molecule is COC(=O)[C@@H](C(C)C)N(Cc1nc(-c2cc(OC)c(OC)c(OC)c2)oc1C)S(=O)(=O)c1ccc(OC)cc1. The van der Waals surface area contributed by atoms with Crippen LogP contribution < -0.4 is 18.9 Å². The number of sulfonamides is 1. The van der Waals surface area contributed by atoms with Crippen molar-refractivity contribution in [3.8, 4) is 34.5 Å². The molecule has 3 rings (SSSR count). The summed E-state index contributed by atoms with van der Waals surface area (Å²) in [7, 11) is 3.01. The number of ether oxygens (including phenoxy) is 5. The second-order valence-electron chi connectivity index (χ2n) is 8.87. The molecule has 12 heteroatoms. The van der Waals surface area contributed by atoms with Gasteiger partial charge in [-0.2, -0.15) is 4.31 Å². The first-order chi connectivity index (χ1) is 18.5. The third-order valence-electron chi connectivity index (χ3n) is 6.16. The van der Waals surface area contributed by atoms with Crippen molar-refractivity contribution in [2.24, 2.45) is 5.92 Å². The fourth-order valence-electron chi connectivity index (χ4n) is 4.11. The first-order valence-electron chi connectivity index (χ1n) is 12.0. The molecule has 1 aromatic heterocycles. The molecule has 0 spiro atoms. The van der Waals surface area contributed by atoms with Crippen LogP contribution in [0.25, 0.3) is 11.5 Å². The van der Waals surface area contributed by atoms with Crippen LogP contribution in [-0.4, -0.2) is 65.3 Å². The number of hydrogen-bond acceptors (Lipinski definition) is 10. The minimum Gasteiger partial charge on any atom is -0.497 e. The molecule has 11 nitrogen and oxygen atoms in total. The monoisotopic (exact) mass is 562 g/mol. The fourth-order valence-corrected chi connectivity index (χ4v) is 5.78. The zero-order valence-electron chi connectivity index (χ0n) is 23.3. The summed E-state index contributed by atoms with van der Waals surface area (Å²) in [5.41, 5.74) is 0.849. The summed E-state index contributed by atoms with van der Waals surface area (Å²) < 4.78 is 61.2. The molecule has 1 atom stereocenters. The van der Waals surface area contributed by atoms with E-state index < -0.39 is 28.0 Å². The maximum Gasteiger partial charge on any atom is 0.324 e. The molecule has 0 aliphatic rings. The highest BCUT2D eigenvalue weighted by atomic mass is 32.2. The lowest BCUT2D eigenvalue weighted by atomic mass is 10.0. The fraction of sp³-hybridized carbons (Fsp3) is 0.407. The second-order valence-corrected chi connectivity index (χ2v) is 10.8. The van der Waals surface area contributed by atoms with E-state index in [1.807, 2.05) is 0 Å². The second kappa shape index (κ2) is 12.4. The van der Waals surface area contributed by atoms with Gasteiger partial charge in [0.1, 0.15) is 17.6 Å².